The van der Waals surface area contributed by atoms with E-state index in [4.69, 9.17) is 4.52 Å². The summed E-state index contributed by atoms with van der Waals surface area (Å²) in [7, 11) is 1.76. The molecule has 6 nitrogen and oxygen atoms in total. The highest BCUT2D eigenvalue weighted by Crippen LogP contribution is 2.17. The Morgan fingerprint density at radius 2 is 2.08 bits per heavy atom. The first-order chi connectivity index (χ1) is 11.0. The molecule has 0 aromatic carbocycles. The van der Waals surface area contributed by atoms with E-state index in [1.54, 1.807) is 18.4 Å². The number of nitrogens with one attached hydrogen (secondary N) is 2. The van der Waals surface area contributed by atoms with E-state index in [2.05, 4.69) is 46.5 Å². The summed E-state index contributed by atoms with van der Waals surface area (Å²) in [5, 5.41) is 11.7. The van der Waals surface area contributed by atoms with Crippen LogP contribution in [0.2, 0.25) is 0 Å². The molecule has 2 heterocycles. The smallest absolute Gasteiger partial charge is 0.191 e. The molecular weight excluding hydrogens is 437 g/mol. The summed E-state index contributed by atoms with van der Waals surface area (Å²) < 4.78 is 5.31. The van der Waals surface area contributed by atoms with Crippen LogP contribution in [0, 0.1) is 13.8 Å². The van der Waals surface area contributed by atoms with Gasteiger partial charge in [-0.05, 0) is 19.8 Å². The Bertz CT molecular complexity index is 665. The van der Waals surface area contributed by atoms with Crippen molar-refractivity contribution in [2.45, 2.75) is 46.6 Å². The van der Waals surface area contributed by atoms with Crippen molar-refractivity contribution in [1.82, 2.24) is 20.8 Å². The Morgan fingerprint density at radius 3 is 2.62 bits per heavy atom. The van der Waals surface area contributed by atoms with E-state index in [0.29, 0.717) is 12.5 Å². The molecule has 2 rings (SSSR count). The number of aryl methyl sites for hydroxylation is 2. The molecule has 0 radical (unpaired) electrons. The molecule has 2 N–H and O–H groups in total. The van der Waals surface area contributed by atoms with Gasteiger partial charge < -0.3 is 15.2 Å². The minimum atomic E-state index is 0. The van der Waals surface area contributed by atoms with Crippen LogP contribution in [0.4, 0.5) is 0 Å². The molecule has 2 aromatic rings. The molecule has 0 atom stereocenters. The molecule has 0 saturated heterocycles. The molecule has 0 amide bonds. The average Bonchev–Trinajstić information content (AvgIpc) is 3.09. The second-order valence-corrected chi connectivity index (χ2v) is 7.00. The maximum absolute atomic E-state index is 5.31. The Morgan fingerprint density at radius 1 is 1.33 bits per heavy atom. The van der Waals surface area contributed by atoms with Crippen LogP contribution in [0.5, 0.6) is 0 Å². The van der Waals surface area contributed by atoms with Crippen LogP contribution in [0.3, 0.4) is 0 Å². The predicted molar refractivity (Wildman–Crippen MR) is 110 cm³/mol. The molecule has 0 unspecified atom stereocenters. The standard InChI is InChI=1S/C16H25N5OS.HI/c1-10(2)14-8-13(22-21-14)9-19-16(17-5)18-7-6-15-11(3)20-12(4)23-15;/h8,10H,6-7,9H2,1-5H3,(H2,17,18,19);1H. The summed E-state index contributed by atoms with van der Waals surface area (Å²) in [5.74, 6) is 1.94. The van der Waals surface area contributed by atoms with Gasteiger partial charge in [0.25, 0.3) is 0 Å². The van der Waals surface area contributed by atoms with Gasteiger partial charge in [0.1, 0.15) is 0 Å². The number of rotatable bonds is 6. The lowest BCUT2D eigenvalue weighted by Gasteiger charge is -2.10. The molecule has 0 spiro atoms. The van der Waals surface area contributed by atoms with Crippen LogP contribution < -0.4 is 10.6 Å². The van der Waals surface area contributed by atoms with Gasteiger partial charge in [-0.3, -0.25) is 4.99 Å². The van der Waals surface area contributed by atoms with E-state index in [9.17, 15) is 0 Å². The molecule has 0 bridgehead atoms. The van der Waals surface area contributed by atoms with E-state index in [1.165, 1.54) is 4.88 Å². The van der Waals surface area contributed by atoms with Gasteiger partial charge in [0, 0.05) is 31.0 Å². The van der Waals surface area contributed by atoms with Gasteiger partial charge in [0.2, 0.25) is 0 Å². The zero-order chi connectivity index (χ0) is 16.8. The van der Waals surface area contributed by atoms with E-state index in [1.807, 2.05) is 13.0 Å². The van der Waals surface area contributed by atoms with Crippen LogP contribution in [-0.2, 0) is 13.0 Å². The number of thiazole rings is 1. The van der Waals surface area contributed by atoms with E-state index in [0.717, 1.165) is 41.1 Å². The SMILES string of the molecule is CN=C(NCCc1sc(C)nc1C)NCc1cc(C(C)C)no1.I. The van der Waals surface area contributed by atoms with Gasteiger partial charge in [-0.25, -0.2) is 4.98 Å². The van der Waals surface area contributed by atoms with E-state index < -0.39 is 0 Å². The van der Waals surface area contributed by atoms with Crippen molar-refractivity contribution in [3.63, 3.8) is 0 Å². The van der Waals surface area contributed by atoms with Crippen LogP contribution in [0.15, 0.2) is 15.6 Å². The third-order valence-electron chi connectivity index (χ3n) is 3.47. The van der Waals surface area contributed by atoms with Crippen molar-refractivity contribution in [2.75, 3.05) is 13.6 Å². The van der Waals surface area contributed by atoms with Crippen molar-refractivity contribution < 1.29 is 4.52 Å². The first-order valence-electron chi connectivity index (χ1n) is 7.82. The number of aromatic nitrogens is 2. The van der Waals surface area contributed by atoms with Crippen LogP contribution >= 0.6 is 35.3 Å². The molecule has 0 saturated carbocycles. The lowest BCUT2D eigenvalue weighted by atomic mass is 10.1. The first kappa shape index (κ1) is 20.9. The monoisotopic (exact) mass is 463 g/mol. The van der Waals surface area contributed by atoms with Gasteiger partial charge in [0.05, 0.1) is 22.9 Å². The van der Waals surface area contributed by atoms with Crippen LogP contribution in [0.25, 0.3) is 0 Å². The Labute approximate surface area is 164 Å². The number of halogens is 1. The Balaban J connectivity index is 0.00000288. The maximum Gasteiger partial charge on any atom is 0.191 e. The summed E-state index contributed by atoms with van der Waals surface area (Å²) in [6.45, 7) is 9.67. The molecular formula is C16H26IN5OS. The summed E-state index contributed by atoms with van der Waals surface area (Å²) in [4.78, 5) is 9.99. The minimum absolute atomic E-state index is 0. The third-order valence-corrected chi connectivity index (χ3v) is 4.60. The fourth-order valence-electron chi connectivity index (χ4n) is 2.18. The summed E-state index contributed by atoms with van der Waals surface area (Å²) in [6, 6.07) is 1.98. The first-order valence-corrected chi connectivity index (χ1v) is 8.64. The highest BCUT2D eigenvalue weighted by atomic mass is 127. The van der Waals surface area contributed by atoms with Gasteiger partial charge in [-0.2, -0.15) is 0 Å². The van der Waals surface area contributed by atoms with Crippen molar-refractivity contribution in [1.29, 1.82) is 0 Å². The van der Waals surface area contributed by atoms with Crippen molar-refractivity contribution >= 4 is 41.3 Å². The van der Waals surface area contributed by atoms with Gasteiger partial charge in [-0.15, -0.1) is 35.3 Å². The van der Waals surface area contributed by atoms with Crippen LogP contribution in [-0.4, -0.2) is 29.7 Å². The lowest BCUT2D eigenvalue weighted by molar-refractivity contribution is 0.372. The summed E-state index contributed by atoms with van der Waals surface area (Å²) >= 11 is 1.75. The topological polar surface area (TPSA) is 75.3 Å². The Kier molecular flexibility index (Phi) is 8.68. The highest BCUT2D eigenvalue weighted by molar-refractivity contribution is 14.0. The average molecular weight is 463 g/mol. The van der Waals surface area contributed by atoms with Crippen molar-refractivity contribution in [2.24, 2.45) is 4.99 Å². The highest BCUT2D eigenvalue weighted by Gasteiger charge is 2.08. The molecule has 0 aliphatic heterocycles. The molecule has 2 aromatic heterocycles. The largest absolute Gasteiger partial charge is 0.359 e. The number of nitrogens with zero attached hydrogens (tertiary/aromatic N) is 3. The van der Waals surface area contributed by atoms with Gasteiger partial charge in [0.15, 0.2) is 11.7 Å². The minimum Gasteiger partial charge on any atom is -0.359 e. The summed E-state index contributed by atoms with van der Waals surface area (Å²) in [6.07, 6.45) is 0.942. The predicted octanol–water partition coefficient (Wildman–Crippen LogP) is 3.40. The zero-order valence-corrected chi connectivity index (χ0v) is 18.0. The number of aliphatic imine (C=N–C) groups is 1. The number of guanidine groups is 1. The molecule has 24 heavy (non-hydrogen) atoms. The summed E-state index contributed by atoms with van der Waals surface area (Å²) in [5.41, 5.74) is 2.10. The molecule has 8 heteroatoms. The van der Waals surface area contributed by atoms with Crippen molar-refractivity contribution in [3.05, 3.63) is 33.1 Å². The molecule has 0 fully saturated rings. The molecule has 0 aliphatic rings. The molecule has 0 aliphatic carbocycles. The number of hydrogen-bond donors (Lipinski definition) is 2. The quantitative estimate of drug-likeness (QED) is 0.390. The van der Waals surface area contributed by atoms with Crippen LogP contribution in [0.1, 0.15) is 46.8 Å². The zero-order valence-electron chi connectivity index (χ0n) is 14.8. The fraction of sp³-hybridized carbons (Fsp3) is 0.562. The van der Waals surface area contributed by atoms with Gasteiger partial charge >= 0.3 is 0 Å². The second-order valence-electron chi connectivity index (χ2n) is 5.72. The second kappa shape index (κ2) is 9.97. The maximum atomic E-state index is 5.31. The lowest BCUT2D eigenvalue weighted by Crippen LogP contribution is -2.37. The fourth-order valence-corrected chi connectivity index (χ4v) is 3.11. The number of hydrogen-bond acceptors (Lipinski definition) is 5. The normalized spacial score (nSPS) is 11.5. The third kappa shape index (κ3) is 6.04. The Hall–Kier alpha value is -1.16. The molecule has 134 valence electrons. The van der Waals surface area contributed by atoms with E-state index >= 15 is 0 Å². The van der Waals surface area contributed by atoms with Gasteiger partial charge in [-0.1, -0.05) is 19.0 Å². The van der Waals surface area contributed by atoms with E-state index in [-0.39, 0.29) is 24.0 Å². The van der Waals surface area contributed by atoms with Crippen molar-refractivity contribution in [3.8, 4) is 0 Å².